The molecule has 11 heteroatoms. The molecule has 1 atom stereocenters. The molecule has 0 unspecified atom stereocenters. The maximum absolute atomic E-state index is 12.9. The second-order valence-electron chi connectivity index (χ2n) is 9.10. The predicted octanol–water partition coefficient (Wildman–Crippen LogP) is 3.12. The summed E-state index contributed by atoms with van der Waals surface area (Å²) in [7, 11) is 0. The van der Waals surface area contributed by atoms with E-state index < -0.39 is 0 Å². The normalized spacial score (nSPS) is 18.4. The fourth-order valence-corrected chi connectivity index (χ4v) is 5.65. The summed E-state index contributed by atoms with van der Waals surface area (Å²) < 4.78 is 0. The Bertz CT molecular complexity index is 1080. The van der Waals surface area contributed by atoms with E-state index in [1.165, 1.54) is 23.0 Å². The molecular weight excluding hydrogens is 498 g/mol. The lowest BCUT2D eigenvalue weighted by molar-refractivity contribution is -0.128. The van der Waals surface area contributed by atoms with Gasteiger partial charge >= 0.3 is 6.03 Å². The third kappa shape index (κ3) is 6.34. The summed E-state index contributed by atoms with van der Waals surface area (Å²) in [4.78, 5) is 42.4. The third-order valence-corrected chi connectivity index (χ3v) is 7.64. The molecule has 2 aliphatic heterocycles. The van der Waals surface area contributed by atoms with Crippen molar-refractivity contribution in [2.24, 2.45) is 0 Å². The van der Waals surface area contributed by atoms with Gasteiger partial charge in [-0.3, -0.25) is 4.79 Å². The van der Waals surface area contributed by atoms with E-state index in [9.17, 15) is 9.59 Å². The molecule has 0 bridgehead atoms. The predicted molar refractivity (Wildman–Crippen MR) is 145 cm³/mol. The highest BCUT2D eigenvalue weighted by Gasteiger charge is 2.28. The van der Waals surface area contributed by atoms with E-state index in [1.807, 2.05) is 29.7 Å². The van der Waals surface area contributed by atoms with Gasteiger partial charge in [-0.25, -0.2) is 14.8 Å². The van der Waals surface area contributed by atoms with Gasteiger partial charge in [0.25, 0.3) is 0 Å². The van der Waals surface area contributed by atoms with Gasteiger partial charge in [-0.1, -0.05) is 41.6 Å². The number of rotatable bonds is 6. The molecule has 2 aromatic rings. The van der Waals surface area contributed by atoms with Crippen molar-refractivity contribution in [2.45, 2.75) is 32.0 Å². The largest absolute Gasteiger partial charge is 0.368 e. The first-order chi connectivity index (χ1) is 17.4. The highest BCUT2D eigenvalue weighted by molar-refractivity contribution is 7.99. The van der Waals surface area contributed by atoms with Gasteiger partial charge in [0, 0.05) is 70.2 Å². The van der Waals surface area contributed by atoms with Gasteiger partial charge in [0.15, 0.2) is 5.16 Å². The zero-order valence-electron chi connectivity index (χ0n) is 21.1. The van der Waals surface area contributed by atoms with Gasteiger partial charge in [-0.05, 0) is 32.4 Å². The molecule has 4 rings (SSSR count). The van der Waals surface area contributed by atoms with E-state index in [2.05, 4.69) is 50.2 Å². The third-order valence-electron chi connectivity index (χ3n) is 6.61. The number of thioether (sulfide) groups is 1. The lowest BCUT2D eigenvalue weighted by atomic mass is 10.1. The Hall–Kier alpha value is -2.72. The van der Waals surface area contributed by atoms with E-state index in [-0.39, 0.29) is 23.7 Å². The summed E-state index contributed by atoms with van der Waals surface area (Å²) in [5, 5.41) is 3.70. The number of benzene rings is 1. The van der Waals surface area contributed by atoms with E-state index in [1.54, 1.807) is 6.07 Å². The molecular formula is C25H34ClN7O2S. The molecule has 1 aromatic heterocycles. The van der Waals surface area contributed by atoms with Gasteiger partial charge in [0.2, 0.25) is 5.91 Å². The molecule has 2 saturated heterocycles. The maximum Gasteiger partial charge on any atom is 0.317 e. The van der Waals surface area contributed by atoms with Gasteiger partial charge in [-0.15, -0.1) is 0 Å². The number of para-hydroxylation sites is 1. The number of hydrogen-bond acceptors (Lipinski definition) is 7. The molecule has 1 N–H and O–H groups in total. The number of amides is 3. The summed E-state index contributed by atoms with van der Waals surface area (Å²) in [6.45, 7) is 11.6. The van der Waals surface area contributed by atoms with Crippen LogP contribution in [-0.2, 0) is 4.79 Å². The Morgan fingerprint density at radius 3 is 2.50 bits per heavy atom. The van der Waals surface area contributed by atoms with E-state index in [4.69, 9.17) is 11.6 Å². The molecule has 2 fully saturated rings. The van der Waals surface area contributed by atoms with Crippen molar-refractivity contribution in [2.75, 3.05) is 67.9 Å². The number of carbonyl (C=O) groups is 2. The van der Waals surface area contributed by atoms with E-state index in [0.29, 0.717) is 49.6 Å². The van der Waals surface area contributed by atoms with E-state index >= 15 is 0 Å². The van der Waals surface area contributed by atoms with Gasteiger partial charge < -0.3 is 24.9 Å². The van der Waals surface area contributed by atoms with Crippen LogP contribution in [0.15, 0.2) is 35.5 Å². The summed E-state index contributed by atoms with van der Waals surface area (Å²) in [5.41, 5.74) is 2.49. The first-order valence-corrected chi connectivity index (χ1v) is 13.8. The molecule has 1 aromatic carbocycles. The molecule has 0 aliphatic carbocycles. The van der Waals surface area contributed by atoms with Crippen LogP contribution in [0.25, 0.3) is 0 Å². The number of nitrogens with zero attached hydrogens (tertiary/aromatic N) is 6. The number of carbonyl (C=O) groups excluding carboxylic acids is 2. The Morgan fingerprint density at radius 2 is 1.81 bits per heavy atom. The minimum absolute atomic E-state index is 0.0371. The molecule has 3 amide bonds. The Morgan fingerprint density at radius 1 is 1.08 bits per heavy atom. The quantitative estimate of drug-likeness (QED) is 0.348. The Kier molecular flexibility index (Phi) is 8.79. The van der Waals surface area contributed by atoms with Crippen molar-refractivity contribution in [1.29, 1.82) is 0 Å². The van der Waals surface area contributed by atoms with Crippen LogP contribution in [0.5, 0.6) is 0 Å². The Balaban J connectivity index is 1.31. The number of anilines is 2. The zero-order chi connectivity index (χ0) is 25.7. The van der Waals surface area contributed by atoms with Crippen molar-refractivity contribution >= 4 is 46.8 Å². The standard InChI is InChI=1S/C25H34ClN7O2S/c1-4-27-25(35)33-14-13-32(16-19(33)3)22-15-21(26)28-24(29-22)36-17-23(34)31-11-9-30(10-12-31)20-8-6-5-7-18(20)2/h5-8,15,19H,4,9-14,16-17H2,1-3H3,(H,27,35)/t19-/m0/s1. The van der Waals surface area contributed by atoms with Crippen LogP contribution in [-0.4, -0.2) is 95.9 Å². The second kappa shape index (κ2) is 12.0. The number of hydrogen-bond donors (Lipinski definition) is 1. The summed E-state index contributed by atoms with van der Waals surface area (Å²) in [5.74, 6) is 1.07. The van der Waals surface area contributed by atoms with Crippen LogP contribution < -0.4 is 15.1 Å². The first kappa shape index (κ1) is 26.3. The van der Waals surface area contributed by atoms with Crippen molar-refractivity contribution in [1.82, 2.24) is 25.1 Å². The average Bonchev–Trinajstić information content (AvgIpc) is 2.87. The number of halogens is 1. The highest BCUT2D eigenvalue weighted by atomic mass is 35.5. The van der Waals surface area contributed by atoms with Crippen LogP contribution in [0.2, 0.25) is 5.15 Å². The molecule has 3 heterocycles. The van der Waals surface area contributed by atoms with Crippen molar-refractivity contribution < 1.29 is 9.59 Å². The topological polar surface area (TPSA) is 84.9 Å². The molecule has 0 saturated carbocycles. The van der Waals surface area contributed by atoms with Crippen LogP contribution in [0.1, 0.15) is 19.4 Å². The van der Waals surface area contributed by atoms with Gasteiger partial charge in [0.1, 0.15) is 11.0 Å². The number of aryl methyl sites for hydroxylation is 1. The number of piperazine rings is 2. The van der Waals surface area contributed by atoms with E-state index in [0.717, 1.165) is 18.9 Å². The zero-order valence-corrected chi connectivity index (χ0v) is 22.7. The smallest absolute Gasteiger partial charge is 0.317 e. The van der Waals surface area contributed by atoms with Crippen molar-refractivity contribution in [3.8, 4) is 0 Å². The number of aromatic nitrogens is 2. The minimum Gasteiger partial charge on any atom is -0.368 e. The van der Waals surface area contributed by atoms with Gasteiger partial charge in [-0.2, -0.15) is 0 Å². The first-order valence-electron chi connectivity index (χ1n) is 12.4. The summed E-state index contributed by atoms with van der Waals surface area (Å²) in [6.07, 6.45) is 0. The fourth-order valence-electron chi connectivity index (χ4n) is 4.66. The number of nitrogens with one attached hydrogen (secondary N) is 1. The minimum atomic E-state index is -0.0418. The lowest BCUT2D eigenvalue weighted by Crippen LogP contribution is -2.56. The fraction of sp³-hybridized carbons (Fsp3) is 0.520. The molecule has 36 heavy (non-hydrogen) atoms. The van der Waals surface area contributed by atoms with Gasteiger partial charge in [0.05, 0.1) is 5.75 Å². The highest BCUT2D eigenvalue weighted by Crippen LogP contribution is 2.25. The van der Waals surface area contributed by atoms with Crippen LogP contribution >= 0.6 is 23.4 Å². The summed E-state index contributed by atoms with van der Waals surface area (Å²) >= 11 is 7.62. The second-order valence-corrected chi connectivity index (χ2v) is 10.4. The monoisotopic (exact) mass is 531 g/mol. The Labute approximate surface area is 222 Å². The van der Waals surface area contributed by atoms with Crippen molar-refractivity contribution in [3.63, 3.8) is 0 Å². The van der Waals surface area contributed by atoms with Crippen molar-refractivity contribution in [3.05, 3.63) is 41.0 Å². The number of urea groups is 1. The molecule has 0 spiro atoms. The summed E-state index contributed by atoms with van der Waals surface area (Å²) in [6, 6.07) is 10.1. The van der Waals surface area contributed by atoms with Crippen LogP contribution in [0, 0.1) is 6.92 Å². The lowest BCUT2D eigenvalue weighted by Gasteiger charge is -2.40. The molecule has 9 nitrogen and oxygen atoms in total. The molecule has 2 aliphatic rings. The molecule has 194 valence electrons. The van der Waals surface area contributed by atoms with Crippen LogP contribution in [0.3, 0.4) is 0 Å². The average molecular weight is 532 g/mol. The molecule has 0 radical (unpaired) electrons. The van der Waals surface area contributed by atoms with Crippen LogP contribution in [0.4, 0.5) is 16.3 Å². The SMILES string of the molecule is CCNC(=O)N1CCN(c2cc(Cl)nc(SCC(=O)N3CCN(c4ccccc4C)CC3)n2)C[C@@H]1C. The maximum atomic E-state index is 12.9.